The number of benzene rings is 2. The molecule has 7 nitrogen and oxygen atoms in total. The first-order valence-corrected chi connectivity index (χ1v) is 9.01. The fourth-order valence-electron chi connectivity index (χ4n) is 3.00. The van der Waals surface area contributed by atoms with E-state index in [1.807, 2.05) is 26.0 Å². The van der Waals surface area contributed by atoms with E-state index >= 15 is 0 Å². The predicted octanol–water partition coefficient (Wildman–Crippen LogP) is 3.31. The third-order valence-corrected chi connectivity index (χ3v) is 4.22. The first-order chi connectivity index (χ1) is 13.5. The van der Waals surface area contributed by atoms with E-state index < -0.39 is 0 Å². The normalized spacial score (nSPS) is 14.4. The molecule has 0 aliphatic carbocycles. The van der Waals surface area contributed by atoms with E-state index in [9.17, 15) is 4.79 Å². The summed E-state index contributed by atoms with van der Waals surface area (Å²) >= 11 is 0. The van der Waals surface area contributed by atoms with Crippen molar-refractivity contribution in [1.82, 2.24) is 0 Å². The summed E-state index contributed by atoms with van der Waals surface area (Å²) in [5.74, 6) is 1.78. The number of nitrogens with one attached hydrogen (secondary N) is 1. The molecule has 0 fully saturated rings. The lowest BCUT2D eigenvalue weighted by Gasteiger charge is -2.14. The average molecular weight is 382 g/mol. The molecule has 1 heterocycles. The van der Waals surface area contributed by atoms with Crippen molar-refractivity contribution < 1.29 is 23.7 Å². The van der Waals surface area contributed by atoms with Crippen LogP contribution < -0.4 is 24.3 Å². The molecule has 0 spiro atoms. The second-order valence-electron chi connectivity index (χ2n) is 6.34. The van der Waals surface area contributed by atoms with Crippen molar-refractivity contribution in [2.75, 3.05) is 25.6 Å². The summed E-state index contributed by atoms with van der Waals surface area (Å²) in [6.45, 7) is 4.15. The highest BCUT2D eigenvalue weighted by molar-refractivity contribution is 5.93. The maximum atomic E-state index is 12.4. The molecule has 146 valence electrons. The standard InChI is InChI=1S/C21H22N2O5/c1-4-26-19-9-15-7-13(2)28-18(15)10-16(19)23-21(24)12-27-17-6-5-14(11-22)8-20(17)25-3/h5-6,8-10,13H,4,7,12H2,1-3H3,(H,23,24)/t13-/m0/s1. The van der Waals surface area contributed by atoms with Crippen LogP contribution in [0.25, 0.3) is 0 Å². The van der Waals surface area contributed by atoms with Gasteiger partial charge in [-0.2, -0.15) is 5.26 Å². The summed E-state index contributed by atoms with van der Waals surface area (Å²) in [6.07, 6.45) is 0.910. The first kappa shape index (κ1) is 19.4. The van der Waals surface area contributed by atoms with E-state index in [0.29, 0.717) is 35.1 Å². The number of carbonyl (C=O) groups excluding carboxylic acids is 1. The summed E-state index contributed by atoms with van der Waals surface area (Å²) in [5.41, 5.74) is 2.05. The van der Waals surface area contributed by atoms with Crippen LogP contribution in [0.1, 0.15) is 25.0 Å². The number of anilines is 1. The maximum absolute atomic E-state index is 12.4. The van der Waals surface area contributed by atoms with Crippen LogP contribution in [-0.4, -0.2) is 32.3 Å². The minimum Gasteiger partial charge on any atom is -0.493 e. The van der Waals surface area contributed by atoms with E-state index in [-0.39, 0.29) is 18.6 Å². The first-order valence-electron chi connectivity index (χ1n) is 9.01. The van der Waals surface area contributed by atoms with Gasteiger partial charge in [0.2, 0.25) is 0 Å². The Bertz CT molecular complexity index is 920. The highest BCUT2D eigenvalue weighted by Gasteiger charge is 2.22. The monoisotopic (exact) mass is 382 g/mol. The number of hydrogen-bond donors (Lipinski definition) is 1. The largest absolute Gasteiger partial charge is 0.493 e. The lowest BCUT2D eigenvalue weighted by Crippen LogP contribution is -2.21. The summed E-state index contributed by atoms with van der Waals surface area (Å²) in [5, 5.41) is 11.8. The zero-order chi connectivity index (χ0) is 20.1. The molecule has 7 heteroatoms. The van der Waals surface area contributed by atoms with Crippen LogP contribution in [0.4, 0.5) is 5.69 Å². The van der Waals surface area contributed by atoms with Crippen LogP contribution in [-0.2, 0) is 11.2 Å². The number of ether oxygens (including phenoxy) is 4. The third kappa shape index (κ3) is 4.29. The summed E-state index contributed by atoms with van der Waals surface area (Å²) < 4.78 is 22.2. The molecular weight excluding hydrogens is 360 g/mol. The lowest BCUT2D eigenvalue weighted by molar-refractivity contribution is -0.118. The second-order valence-corrected chi connectivity index (χ2v) is 6.34. The Kier molecular flexibility index (Phi) is 5.90. The Balaban J connectivity index is 1.70. The molecule has 0 saturated heterocycles. The fourth-order valence-corrected chi connectivity index (χ4v) is 3.00. The summed E-state index contributed by atoms with van der Waals surface area (Å²) in [4.78, 5) is 12.4. The molecule has 1 N–H and O–H groups in total. The highest BCUT2D eigenvalue weighted by atomic mass is 16.5. The van der Waals surface area contributed by atoms with Gasteiger partial charge in [-0.05, 0) is 32.0 Å². The number of methoxy groups -OCH3 is 1. The Hall–Kier alpha value is -3.40. The molecule has 1 aliphatic heterocycles. The fraction of sp³-hybridized carbons (Fsp3) is 0.333. The lowest BCUT2D eigenvalue weighted by atomic mass is 10.1. The van der Waals surface area contributed by atoms with Gasteiger partial charge in [-0.3, -0.25) is 4.79 Å². The maximum Gasteiger partial charge on any atom is 0.262 e. The molecule has 0 radical (unpaired) electrons. The van der Waals surface area contributed by atoms with Gasteiger partial charge in [-0.25, -0.2) is 0 Å². The molecule has 0 aromatic heterocycles. The number of nitriles is 1. The van der Waals surface area contributed by atoms with Gasteiger partial charge >= 0.3 is 0 Å². The van der Waals surface area contributed by atoms with Crippen molar-refractivity contribution in [2.45, 2.75) is 26.4 Å². The van der Waals surface area contributed by atoms with E-state index in [4.69, 9.17) is 24.2 Å². The molecule has 1 atom stereocenters. The SMILES string of the molecule is CCOc1cc2c(cc1NC(=O)COc1ccc(C#N)cc1OC)O[C@@H](C)C2. The van der Waals surface area contributed by atoms with Gasteiger partial charge in [0.1, 0.15) is 17.6 Å². The van der Waals surface area contributed by atoms with E-state index in [1.54, 1.807) is 24.3 Å². The number of hydrogen-bond acceptors (Lipinski definition) is 6. The Labute approximate surface area is 163 Å². The third-order valence-electron chi connectivity index (χ3n) is 4.22. The number of rotatable bonds is 7. The van der Waals surface area contributed by atoms with Crippen molar-refractivity contribution in [3.8, 4) is 29.1 Å². The van der Waals surface area contributed by atoms with Crippen LogP contribution in [0.2, 0.25) is 0 Å². The van der Waals surface area contributed by atoms with Gasteiger partial charge in [-0.1, -0.05) is 0 Å². The average Bonchev–Trinajstić information content (AvgIpc) is 3.05. The Morgan fingerprint density at radius 2 is 2.07 bits per heavy atom. The summed E-state index contributed by atoms with van der Waals surface area (Å²) in [6, 6.07) is 10.5. The van der Waals surface area contributed by atoms with Crippen molar-refractivity contribution >= 4 is 11.6 Å². The molecule has 2 aromatic carbocycles. The Morgan fingerprint density at radius 3 is 2.79 bits per heavy atom. The van der Waals surface area contributed by atoms with Gasteiger partial charge in [0.15, 0.2) is 18.1 Å². The molecule has 0 unspecified atom stereocenters. The molecular formula is C21H22N2O5. The minimum atomic E-state index is -0.349. The molecule has 3 rings (SSSR count). The zero-order valence-electron chi connectivity index (χ0n) is 16.1. The molecule has 0 saturated carbocycles. The molecule has 1 amide bonds. The van der Waals surface area contributed by atoms with Gasteiger partial charge in [-0.15, -0.1) is 0 Å². The number of amides is 1. The van der Waals surface area contributed by atoms with Gasteiger partial charge in [0, 0.05) is 24.1 Å². The van der Waals surface area contributed by atoms with Gasteiger partial charge in [0.05, 0.1) is 31.0 Å². The van der Waals surface area contributed by atoms with Crippen LogP contribution in [0.5, 0.6) is 23.0 Å². The van der Waals surface area contributed by atoms with Crippen LogP contribution >= 0.6 is 0 Å². The number of carbonyl (C=O) groups is 1. The zero-order valence-corrected chi connectivity index (χ0v) is 16.1. The minimum absolute atomic E-state index is 0.0996. The van der Waals surface area contributed by atoms with Gasteiger partial charge < -0.3 is 24.3 Å². The van der Waals surface area contributed by atoms with Crippen molar-refractivity contribution in [1.29, 1.82) is 5.26 Å². The van der Waals surface area contributed by atoms with E-state index in [2.05, 4.69) is 5.32 Å². The van der Waals surface area contributed by atoms with E-state index in [1.165, 1.54) is 7.11 Å². The quantitative estimate of drug-likeness (QED) is 0.790. The van der Waals surface area contributed by atoms with E-state index in [0.717, 1.165) is 17.7 Å². The van der Waals surface area contributed by atoms with Crippen LogP contribution in [0.3, 0.4) is 0 Å². The van der Waals surface area contributed by atoms with Crippen LogP contribution in [0.15, 0.2) is 30.3 Å². The van der Waals surface area contributed by atoms with Crippen molar-refractivity contribution in [2.24, 2.45) is 0 Å². The Morgan fingerprint density at radius 1 is 1.25 bits per heavy atom. The van der Waals surface area contributed by atoms with Crippen LogP contribution in [0, 0.1) is 11.3 Å². The predicted molar refractivity (Wildman–Crippen MR) is 103 cm³/mol. The topological polar surface area (TPSA) is 89.8 Å². The van der Waals surface area contributed by atoms with Gasteiger partial charge in [0.25, 0.3) is 5.91 Å². The smallest absolute Gasteiger partial charge is 0.262 e. The number of fused-ring (bicyclic) bond motifs is 1. The van der Waals surface area contributed by atoms with Crippen molar-refractivity contribution in [3.05, 3.63) is 41.5 Å². The highest BCUT2D eigenvalue weighted by Crippen LogP contribution is 2.38. The number of nitrogens with zero attached hydrogens (tertiary/aromatic N) is 1. The molecule has 1 aliphatic rings. The summed E-state index contributed by atoms with van der Waals surface area (Å²) in [7, 11) is 1.48. The molecule has 2 aromatic rings. The second kappa shape index (κ2) is 8.53. The molecule has 28 heavy (non-hydrogen) atoms. The van der Waals surface area contributed by atoms with Crippen molar-refractivity contribution in [3.63, 3.8) is 0 Å². The molecule has 0 bridgehead atoms.